The molecule has 0 bridgehead atoms. The van der Waals surface area contributed by atoms with Gasteiger partial charge in [-0.3, -0.25) is 9.13 Å². The first kappa shape index (κ1) is 9.25. The Hall–Kier alpha value is -0.840. The van der Waals surface area contributed by atoms with Gasteiger partial charge in [-0.1, -0.05) is 0 Å². The zero-order valence-electron chi connectivity index (χ0n) is 7.11. The fraction of sp³-hybridized carbons (Fsp3) is 0.571. The van der Waals surface area contributed by atoms with Crippen LogP contribution >= 0.6 is 12.6 Å². The van der Waals surface area contributed by atoms with E-state index in [0.717, 1.165) is 0 Å². The average Bonchev–Trinajstić information content (AvgIpc) is 2.25. The Labute approximate surface area is 75.9 Å². The second-order valence-corrected chi connectivity index (χ2v) is 2.84. The van der Waals surface area contributed by atoms with Gasteiger partial charge in [-0.05, 0) is 13.8 Å². The predicted molar refractivity (Wildman–Crippen MR) is 49.0 cm³/mol. The molecule has 0 aliphatic rings. The minimum atomic E-state index is -0.206. The highest BCUT2D eigenvalue weighted by molar-refractivity contribution is 7.80. The molecule has 1 aromatic heterocycles. The van der Waals surface area contributed by atoms with Crippen LogP contribution in [0.3, 0.4) is 0 Å². The molecule has 0 saturated carbocycles. The average molecular weight is 188 g/mol. The van der Waals surface area contributed by atoms with E-state index in [1.807, 2.05) is 6.92 Å². The first-order valence-corrected chi connectivity index (χ1v) is 4.29. The number of hydrogen-bond donors (Lipinski definition) is 2. The minimum Gasteiger partial charge on any atom is -0.492 e. The maximum absolute atomic E-state index is 11.4. The van der Waals surface area contributed by atoms with Crippen molar-refractivity contribution in [1.29, 1.82) is 0 Å². The molecule has 1 aromatic rings. The Morgan fingerprint density at radius 3 is 2.08 bits per heavy atom. The fourth-order valence-electron chi connectivity index (χ4n) is 1.14. The molecule has 0 aliphatic heterocycles. The van der Waals surface area contributed by atoms with E-state index >= 15 is 0 Å². The lowest BCUT2D eigenvalue weighted by Gasteiger charge is -1.94. The smallest absolute Gasteiger partial charge is 0.331 e. The Balaban J connectivity index is 3.43. The van der Waals surface area contributed by atoms with Crippen LogP contribution in [0.25, 0.3) is 0 Å². The number of rotatable bonds is 2. The van der Waals surface area contributed by atoms with Crippen LogP contribution in [0.1, 0.15) is 13.8 Å². The molecule has 0 aromatic carbocycles. The highest BCUT2D eigenvalue weighted by Gasteiger charge is 2.13. The Morgan fingerprint density at radius 1 is 1.33 bits per heavy atom. The van der Waals surface area contributed by atoms with Crippen molar-refractivity contribution in [2.45, 2.75) is 32.0 Å². The van der Waals surface area contributed by atoms with E-state index in [0.29, 0.717) is 18.1 Å². The van der Waals surface area contributed by atoms with Crippen LogP contribution in [0, 0.1) is 0 Å². The first-order valence-electron chi connectivity index (χ1n) is 3.84. The highest BCUT2D eigenvalue weighted by Crippen LogP contribution is 2.18. The van der Waals surface area contributed by atoms with Crippen LogP contribution in [0.2, 0.25) is 0 Å². The van der Waals surface area contributed by atoms with E-state index in [-0.39, 0.29) is 11.6 Å². The van der Waals surface area contributed by atoms with Gasteiger partial charge in [0.2, 0.25) is 5.88 Å². The summed E-state index contributed by atoms with van der Waals surface area (Å²) in [6.45, 7) is 4.62. The van der Waals surface area contributed by atoms with Gasteiger partial charge in [0.1, 0.15) is 5.03 Å². The number of nitrogens with zero attached hydrogens (tertiary/aromatic N) is 2. The second-order valence-electron chi connectivity index (χ2n) is 2.42. The van der Waals surface area contributed by atoms with Crippen LogP contribution in [0.5, 0.6) is 5.88 Å². The van der Waals surface area contributed by atoms with E-state index in [9.17, 15) is 9.90 Å². The molecule has 0 spiro atoms. The van der Waals surface area contributed by atoms with Crippen molar-refractivity contribution in [1.82, 2.24) is 9.13 Å². The van der Waals surface area contributed by atoms with Crippen LogP contribution in [-0.2, 0) is 13.1 Å². The van der Waals surface area contributed by atoms with Crippen LogP contribution in [0.4, 0.5) is 0 Å². The zero-order valence-corrected chi connectivity index (χ0v) is 8.01. The lowest BCUT2D eigenvalue weighted by atomic mass is 10.7. The van der Waals surface area contributed by atoms with Crippen LogP contribution in [-0.4, -0.2) is 14.2 Å². The maximum atomic E-state index is 11.4. The summed E-state index contributed by atoms with van der Waals surface area (Å²) in [5.74, 6) is -0.0484. The lowest BCUT2D eigenvalue weighted by Crippen LogP contribution is -2.23. The third kappa shape index (κ3) is 1.14. The molecule has 1 heterocycles. The number of thiol groups is 1. The van der Waals surface area contributed by atoms with E-state index in [2.05, 4.69) is 12.6 Å². The molecule has 5 heteroatoms. The molecule has 0 atom stereocenters. The predicted octanol–water partition coefficient (Wildman–Crippen LogP) is 0.684. The summed E-state index contributed by atoms with van der Waals surface area (Å²) >= 11 is 4.03. The molecule has 0 unspecified atom stereocenters. The first-order chi connectivity index (χ1) is 5.63. The molecule has 1 N–H and O–H groups in total. The van der Waals surface area contributed by atoms with E-state index in [1.54, 1.807) is 6.92 Å². The fourth-order valence-corrected chi connectivity index (χ4v) is 1.49. The highest BCUT2D eigenvalue weighted by atomic mass is 32.1. The third-order valence-corrected chi connectivity index (χ3v) is 2.25. The topological polar surface area (TPSA) is 47.2 Å². The van der Waals surface area contributed by atoms with Gasteiger partial charge in [0.25, 0.3) is 0 Å². The number of aromatic nitrogens is 2. The molecule has 68 valence electrons. The summed E-state index contributed by atoms with van der Waals surface area (Å²) < 4.78 is 2.70. The summed E-state index contributed by atoms with van der Waals surface area (Å²) in [5.41, 5.74) is -0.206. The van der Waals surface area contributed by atoms with Gasteiger partial charge >= 0.3 is 5.69 Å². The number of imidazole rings is 1. The van der Waals surface area contributed by atoms with E-state index < -0.39 is 0 Å². The van der Waals surface area contributed by atoms with Gasteiger partial charge in [0.05, 0.1) is 0 Å². The van der Waals surface area contributed by atoms with Crippen molar-refractivity contribution in [2.75, 3.05) is 0 Å². The van der Waals surface area contributed by atoms with E-state index in [4.69, 9.17) is 0 Å². The summed E-state index contributed by atoms with van der Waals surface area (Å²) in [6, 6.07) is 0. The lowest BCUT2D eigenvalue weighted by molar-refractivity contribution is 0.406. The molecule has 0 saturated heterocycles. The largest absolute Gasteiger partial charge is 0.492 e. The summed E-state index contributed by atoms with van der Waals surface area (Å²) in [5, 5.41) is 9.73. The molecule has 0 amide bonds. The molecular weight excluding hydrogens is 176 g/mol. The summed E-state index contributed by atoms with van der Waals surface area (Å²) in [7, 11) is 0. The summed E-state index contributed by atoms with van der Waals surface area (Å²) in [6.07, 6.45) is 0. The SMILES string of the molecule is CCn1c(O)c(S)n(CC)c1=O. The molecule has 4 nitrogen and oxygen atoms in total. The van der Waals surface area contributed by atoms with Crippen molar-refractivity contribution in [3.8, 4) is 5.88 Å². The minimum absolute atomic E-state index is 0.0484. The third-order valence-electron chi connectivity index (χ3n) is 1.81. The second kappa shape index (κ2) is 3.26. The zero-order chi connectivity index (χ0) is 9.30. The number of hydrogen-bond acceptors (Lipinski definition) is 3. The molecule has 1 rings (SSSR count). The molecule has 0 radical (unpaired) electrons. The van der Waals surface area contributed by atoms with Gasteiger partial charge in [-0.15, -0.1) is 12.6 Å². The van der Waals surface area contributed by atoms with Gasteiger partial charge in [0.15, 0.2) is 0 Å². The van der Waals surface area contributed by atoms with Crippen LogP contribution in [0.15, 0.2) is 9.82 Å². The van der Waals surface area contributed by atoms with Gasteiger partial charge in [-0.25, -0.2) is 4.79 Å². The Morgan fingerprint density at radius 2 is 1.83 bits per heavy atom. The standard InChI is InChI=1S/C7H12N2O2S/c1-3-8-5(10)6(12)9(4-2)7(8)11/h10,12H,3-4H2,1-2H3. The Bertz CT molecular complexity index is 309. The monoisotopic (exact) mass is 188 g/mol. The van der Waals surface area contributed by atoms with Crippen molar-refractivity contribution in [3.05, 3.63) is 10.5 Å². The van der Waals surface area contributed by atoms with E-state index in [1.165, 1.54) is 9.13 Å². The molecule has 0 aliphatic carbocycles. The molecular formula is C7H12N2O2S. The Kier molecular flexibility index (Phi) is 2.52. The van der Waals surface area contributed by atoms with Gasteiger partial charge < -0.3 is 5.11 Å². The van der Waals surface area contributed by atoms with Crippen molar-refractivity contribution >= 4 is 12.6 Å². The van der Waals surface area contributed by atoms with Crippen molar-refractivity contribution in [3.63, 3.8) is 0 Å². The maximum Gasteiger partial charge on any atom is 0.331 e. The normalized spacial score (nSPS) is 10.6. The van der Waals surface area contributed by atoms with Gasteiger partial charge in [0, 0.05) is 13.1 Å². The quantitative estimate of drug-likeness (QED) is 0.671. The summed E-state index contributed by atoms with van der Waals surface area (Å²) in [4.78, 5) is 11.4. The number of aromatic hydroxyl groups is 1. The van der Waals surface area contributed by atoms with Crippen molar-refractivity contribution in [2.24, 2.45) is 0 Å². The molecule has 0 fully saturated rings. The molecule has 12 heavy (non-hydrogen) atoms. The van der Waals surface area contributed by atoms with Crippen LogP contribution < -0.4 is 5.69 Å². The van der Waals surface area contributed by atoms with Crippen molar-refractivity contribution < 1.29 is 5.11 Å². The van der Waals surface area contributed by atoms with Gasteiger partial charge in [-0.2, -0.15) is 0 Å².